The van der Waals surface area contributed by atoms with Gasteiger partial charge in [-0.15, -0.1) is 0 Å². The second-order valence-electron chi connectivity index (χ2n) is 6.99. The summed E-state index contributed by atoms with van der Waals surface area (Å²) in [5.41, 5.74) is 3.49. The van der Waals surface area contributed by atoms with E-state index in [4.69, 9.17) is 9.47 Å². The summed E-state index contributed by atoms with van der Waals surface area (Å²) in [6.07, 6.45) is 0.832. The third-order valence-corrected chi connectivity index (χ3v) is 5.26. The number of ketones is 1. The SMILES string of the molecule is COCC1(COC)C(=O)c2cccc3cc(Cc4ccccc4)cc1c23. The first-order valence-corrected chi connectivity index (χ1v) is 8.82. The first-order chi connectivity index (χ1) is 12.7. The van der Waals surface area contributed by atoms with Crippen molar-refractivity contribution >= 4 is 16.6 Å². The molecule has 0 fully saturated rings. The molecule has 3 heteroatoms. The molecule has 3 aromatic carbocycles. The van der Waals surface area contributed by atoms with Crippen LogP contribution in [-0.4, -0.2) is 33.2 Å². The molecule has 3 nitrogen and oxygen atoms in total. The minimum Gasteiger partial charge on any atom is -0.383 e. The third-order valence-electron chi connectivity index (χ3n) is 5.26. The fourth-order valence-electron chi connectivity index (χ4n) is 4.19. The van der Waals surface area contributed by atoms with E-state index in [0.29, 0.717) is 13.2 Å². The van der Waals surface area contributed by atoms with Gasteiger partial charge in [0.05, 0.1) is 13.2 Å². The lowest BCUT2D eigenvalue weighted by molar-refractivity contribution is 0.0482. The van der Waals surface area contributed by atoms with Crippen LogP contribution in [0.25, 0.3) is 10.8 Å². The first kappa shape index (κ1) is 17.0. The van der Waals surface area contributed by atoms with Crippen molar-refractivity contribution in [1.29, 1.82) is 0 Å². The number of hydrogen-bond acceptors (Lipinski definition) is 3. The lowest BCUT2D eigenvalue weighted by atomic mass is 9.80. The molecule has 0 amide bonds. The zero-order chi connectivity index (χ0) is 18.1. The lowest BCUT2D eigenvalue weighted by Crippen LogP contribution is -2.41. The monoisotopic (exact) mass is 346 g/mol. The molecule has 0 bridgehead atoms. The van der Waals surface area contributed by atoms with Gasteiger partial charge in [-0.05, 0) is 33.9 Å². The summed E-state index contributed by atoms with van der Waals surface area (Å²) < 4.78 is 10.9. The van der Waals surface area contributed by atoms with Crippen molar-refractivity contribution < 1.29 is 14.3 Å². The van der Waals surface area contributed by atoms with E-state index in [1.807, 2.05) is 18.2 Å². The second kappa shape index (κ2) is 6.67. The quantitative estimate of drug-likeness (QED) is 0.672. The Labute approximate surface area is 153 Å². The third kappa shape index (κ3) is 2.56. The van der Waals surface area contributed by atoms with Crippen molar-refractivity contribution in [3.63, 3.8) is 0 Å². The van der Waals surface area contributed by atoms with E-state index in [1.165, 1.54) is 11.1 Å². The van der Waals surface area contributed by atoms with Crippen LogP contribution >= 0.6 is 0 Å². The molecule has 26 heavy (non-hydrogen) atoms. The highest BCUT2D eigenvalue weighted by atomic mass is 16.5. The largest absolute Gasteiger partial charge is 0.383 e. The standard InChI is InChI=1S/C23H22O3/c1-25-14-23(15-26-2)20-13-17(11-16-7-4-3-5-8-16)12-18-9-6-10-19(21(18)20)22(23)24/h3-10,12-13H,11,14-15H2,1-2H3. The Bertz CT molecular complexity index is 954. The fraction of sp³-hybridized carbons (Fsp3) is 0.261. The Balaban J connectivity index is 1.91. The van der Waals surface area contributed by atoms with E-state index in [9.17, 15) is 4.79 Å². The zero-order valence-electron chi connectivity index (χ0n) is 15.1. The van der Waals surface area contributed by atoms with E-state index in [2.05, 4.69) is 42.5 Å². The summed E-state index contributed by atoms with van der Waals surface area (Å²) in [4.78, 5) is 13.3. The van der Waals surface area contributed by atoms with Gasteiger partial charge in [0, 0.05) is 19.8 Å². The molecule has 0 radical (unpaired) electrons. The van der Waals surface area contributed by atoms with Crippen LogP contribution < -0.4 is 0 Å². The molecule has 0 aliphatic heterocycles. The highest BCUT2D eigenvalue weighted by Gasteiger charge is 2.47. The van der Waals surface area contributed by atoms with Crippen LogP contribution in [0.4, 0.5) is 0 Å². The molecule has 0 saturated carbocycles. The minimum absolute atomic E-state index is 0.0960. The van der Waals surface area contributed by atoms with Crippen molar-refractivity contribution in [1.82, 2.24) is 0 Å². The molecular formula is C23H22O3. The van der Waals surface area contributed by atoms with Gasteiger partial charge in [0.1, 0.15) is 5.41 Å². The molecular weight excluding hydrogens is 324 g/mol. The Morgan fingerprint density at radius 2 is 1.58 bits per heavy atom. The van der Waals surface area contributed by atoms with E-state index in [0.717, 1.165) is 28.3 Å². The maximum absolute atomic E-state index is 13.3. The first-order valence-electron chi connectivity index (χ1n) is 8.82. The van der Waals surface area contributed by atoms with Gasteiger partial charge in [0.25, 0.3) is 0 Å². The molecule has 1 aliphatic carbocycles. The summed E-state index contributed by atoms with van der Waals surface area (Å²) in [7, 11) is 3.28. The van der Waals surface area contributed by atoms with E-state index < -0.39 is 5.41 Å². The van der Waals surface area contributed by atoms with Crippen LogP contribution in [0, 0.1) is 0 Å². The van der Waals surface area contributed by atoms with Crippen LogP contribution in [0.15, 0.2) is 60.7 Å². The second-order valence-corrected chi connectivity index (χ2v) is 6.99. The number of ether oxygens (including phenoxy) is 2. The van der Waals surface area contributed by atoms with Gasteiger partial charge in [-0.2, -0.15) is 0 Å². The van der Waals surface area contributed by atoms with Gasteiger partial charge >= 0.3 is 0 Å². The average Bonchev–Trinajstić information content (AvgIpc) is 2.88. The normalized spacial score (nSPS) is 14.9. The molecule has 1 aliphatic rings. The van der Waals surface area contributed by atoms with Gasteiger partial charge in [-0.3, -0.25) is 4.79 Å². The Hall–Kier alpha value is -2.49. The van der Waals surface area contributed by atoms with Crippen molar-refractivity contribution in [2.24, 2.45) is 0 Å². The predicted molar refractivity (Wildman–Crippen MR) is 103 cm³/mol. The van der Waals surface area contributed by atoms with Crippen LogP contribution in [0.3, 0.4) is 0 Å². The Morgan fingerprint density at radius 1 is 0.846 bits per heavy atom. The number of hydrogen-bond donors (Lipinski definition) is 0. The number of Topliss-reactive ketones (excluding diaryl/α,β-unsaturated/α-hetero) is 1. The number of methoxy groups -OCH3 is 2. The fourth-order valence-corrected chi connectivity index (χ4v) is 4.19. The molecule has 0 aromatic heterocycles. The molecule has 0 heterocycles. The predicted octanol–water partition coefficient (Wildman–Crippen LogP) is 4.16. The smallest absolute Gasteiger partial charge is 0.178 e. The highest BCUT2D eigenvalue weighted by molar-refractivity contribution is 6.20. The number of carbonyl (C=O) groups excluding carboxylic acids is 1. The molecule has 0 saturated heterocycles. The van der Waals surface area contributed by atoms with Gasteiger partial charge in [-0.1, -0.05) is 60.7 Å². The maximum atomic E-state index is 13.3. The summed E-state index contributed by atoms with van der Waals surface area (Å²) in [5, 5.41) is 2.15. The molecule has 3 aromatic rings. The minimum atomic E-state index is -0.766. The topological polar surface area (TPSA) is 35.5 Å². The van der Waals surface area contributed by atoms with Gasteiger partial charge in [0.2, 0.25) is 0 Å². The summed E-state index contributed by atoms with van der Waals surface area (Å²) >= 11 is 0. The van der Waals surface area contributed by atoms with Crippen LogP contribution in [0.5, 0.6) is 0 Å². The van der Waals surface area contributed by atoms with E-state index in [1.54, 1.807) is 14.2 Å². The van der Waals surface area contributed by atoms with E-state index in [-0.39, 0.29) is 5.78 Å². The van der Waals surface area contributed by atoms with Crippen molar-refractivity contribution in [3.8, 4) is 0 Å². The zero-order valence-corrected chi connectivity index (χ0v) is 15.1. The summed E-state index contributed by atoms with van der Waals surface area (Å²) in [5.74, 6) is 0.0960. The Kier molecular flexibility index (Phi) is 4.35. The lowest BCUT2D eigenvalue weighted by Gasteiger charge is -2.27. The van der Waals surface area contributed by atoms with Crippen LogP contribution in [0.2, 0.25) is 0 Å². The summed E-state index contributed by atoms with van der Waals surface area (Å²) in [6, 6.07) is 20.7. The molecule has 0 N–H and O–H groups in total. The van der Waals surface area contributed by atoms with Crippen molar-refractivity contribution in [2.45, 2.75) is 11.8 Å². The summed E-state index contributed by atoms with van der Waals surface area (Å²) in [6.45, 7) is 0.635. The molecule has 0 unspecified atom stereocenters. The number of carbonyl (C=O) groups is 1. The maximum Gasteiger partial charge on any atom is 0.178 e. The van der Waals surface area contributed by atoms with Gasteiger partial charge in [-0.25, -0.2) is 0 Å². The molecule has 132 valence electrons. The van der Waals surface area contributed by atoms with E-state index >= 15 is 0 Å². The highest BCUT2D eigenvalue weighted by Crippen LogP contribution is 2.44. The van der Waals surface area contributed by atoms with Crippen molar-refractivity contribution in [3.05, 3.63) is 82.9 Å². The average molecular weight is 346 g/mol. The van der Waals surface area contributed by atoms with Gasteiger partial charge < -0.3 is 9.47 Å². The molecule has 0 spiro atoms. The van der Waals surface area contributed by atoms with Crippen LogP contribution in [0.1, 0.15) is 27.0 Å². The number of rotatable bonds is 6. The van der Waals surface area contributed by atoms with Crippen LogP contribution in [-0.2, 0) is 21.3 Å². The molecule has 0 atom stereocenters. The number of benzene rings is 3. The molecule has 4 rings (SSSR count). The van der Waals surface area contributed by atoms with Crippen molar-refractivity contribution in [2.75, 3.05) is 27.4 Å². The van der Waals surface area contributed by atoms with Gasteiger partial charge in [0.15, 0.2) is 5.78 Å². The Morgan fingerprint density at radius 3 is 2.27 bits per heavy atom.